The molecule has 1 heterocycles. The molecule has 0 aromatic heterocycles. The number of hydrogen-bond acceptors (Lipinski definition) is 4. The number of carbonyl (C=O) groups is 1. The highest BCUT2D eigenvalue weighted by atomic mass is 35.5. The molecule has 0 spiro atoms. The van der Waals surface area contributed by atoms with Gasteiger partial charge in [0, 0.05) is 74.2 Å². The summed E-state index contributed by atoms with van der Waals surface area (Å²) in [5, 5.41) is 2.01. The maximum Gasteiger partial charge on any atom is 0.250 e. The van der Waals surface area contributed by atoms with Crippen molar-refractivity contribution in [3.05, 3.63) is 74.9 Å². The Hall–Kier alpha value is -1.92. The summed E-state index contributed by atoms with van der Waals surface area (Å²) in [6.45, 7) is 14.7. The van der Waals surface area contributed by atoms with Gasteiger partial charge in [-0.25, -0.2) is 0 Å². The Balaban J connectivity index is 1.74. The molecule has 0 saturated carbocycles. The van der Waals surface area contributed by atoms with Crippen LogP contribution in [-0.2, 0) is 4.79 Å². The highest BCUT2D eigenvalue weighted by Gasteiger charge is 2.29. The summed E-state index contributed by atoms with van der Waals surface area (Å²) in [6, 6.07) is 13.9. The molecule has 1 aliphatic rings. The molecule has 0 N–H and O–H groups in total. The van der Waals surface area contributed by atoms with E-state index in [9.17, 15) is 4.79 Å². The molecule has 1 atom stereocenters. The van der Waals surface area contributed by atoms with Crippen LogP contribution in [0, 0.1) is 0 Å². The Morgan fingerprint density at radius 3 is 2.25 bits per heavy atom. The van der Waals surface area contributed by atoms with Gasteiger partial charge in [-0.3, -0.25) is 9.69 Å². The maximum absolute atomic E-state index is 12.7. The fourth-order valence-corrected chi connectivity index (χ4v) is 5.33. The molecule has 1 aliphatic heterocycles. The topological polar surface area (TPSA) is 30.0 Å². The monoisotopic (exact) mass is 550 g/mol. The number of carbonyl (C=O) groups excluding carboxylic acids is 1. The van der Waals surface area contributed by atoms with Gasteiger partial charge in [0.25, 0.3) is 5.91 Å². The number of halogens is 3. The molecular formula is C28H37Cl3N4O. The number of benzene rings is 2. The van der Waals surface area contributed by atoms with Crippen molar-refractivity contribution in [1.29, 1.82) is 0 Å². The molecule has 0 unspecified atom stereocenters. The number of piperazine rings is 1. The average Bonchev–Trinajstić information content (AvgIpc) is 2.87. The molecule has 1 amide bonds. The fraction of sp³-hybridized carbons (Fsp3) is 0.464. The van der Waals surface area contributed by atoms with Gasteiger partial charge >= 0.3 is 0 Å². The van der Waals surface area contributed by atoms with E-state index < -0.39 is 0 Å². The molecule has 2 aromatic rings. The van der Waals surface area contributed by atoms with Crippen molar-refractivity contribution in [2.24, 2.45) is 0 Å². The number of rotatable bonds is 10. The molecule has 2 aromatic carbocycles. The fourth-order valence-electron chi connectivity index (χ4n) is 4.69. The number of hydrogen-bond donors (Lipinski definition) is 0. The summed E-state index contributed by atoms with van der Waals surface area (Å²) in [4.78, 5) is 21.6. The standard InChI is InChI=1S/C28H37Cl3N4O/c1-5-32(19-21(4)28(36)34(6-2)7-3)14-15-33-16-17-35(26-13-12-24(30)18-25(26)31)27(20-33)22-8-10-23(29)11-9-22/h8-13,18-19,27H,5-7,14-17,20H2,1-4H3/b21-19+/t27-/m0/s1. The zero-order valence-corrected chi connectivity index (χ0v) is 24.0. The largest absolute Gasteiger partial charge is 0.376 e. The Morgan fingerprint density at radius 1 is 0.972 bits per heavy atom. The van der Waals surface area contributed by atoms with E-state index in [1.54, 1.807) is 6.07 Å². The van der Waals surface area contributed by atoms with Crippen LogP contribution < -0.4 is 4.90 Å². The predicted octanol–water partition coefficient (Wildman–Crippen LogP) is 6.60. The number of nitrogens with zero attached hydrogens (tertiary/aromatic N) is 4. The first-order valence-corrected chi connectivity index (χ1v) is 13.8. The molecule has 1 saturated heterocycles. The third-order valence-electron chi connectivity index (χ3n) is 6.81. The third-order valence-corrected chi connectivity index (χ3v) is 7.60. The van der Waals surface area contributed by atoms with Crippen molar-refractivity contribution in [2.75, 3.05) is 57.3 Å². The van der Waals surface area contributed by atoms with Crippen LogP contribution in [0.1, 0.15) is 39.3 Å². The second kappa shape index (κ2) is 13.6. The van der Waals surface area contributed by atoms with Crippen molar-refractivity contribution < 1.29 is 4.79 Å². The van der Waals surface area contributed by atoms with Gasteiger partial charge in [0.2, 0.25) is 0 Å². The van der Waals surface area contributed by atoms with Gasteiger partial charge in [-0.05, 0) is 63.6 Å². The molecule has 0 bridgehead atoms. The molecule has 8 heteroatoms. The molecule has 0 aliphatic carbocycles. The average molecular weight is 552 g/mol. The van der Waals surface area contributed by atoms with Crippen LogP contribution in [-0.4, -0.2) is 73.0 Å². The van der Waals surface area contributed by atoms with Crippen LogP contribution in [0.3, 0.4) is 0 Å². The number of likely N-dealkylation sites (N-methyl/N-ethyl adjacent to an activating group) is 2. The summed E-state index contributed by atoms with van der Waals surface area (Å²) in [5.74, 6) is 0.106. The minimum Gasteiger partial charge on any atom is -0.376 e. The van der Waals surface area contributed by atoms with Crippen molar-refractivity contribution in [1.82, 2.24) is 14.7 Å². The van der Waals surface area contributed by atoms with E-state index in [1.165, 1.54) is 5.56 Å². The second-order valence-corrected chi connectivity index (χ2v) is 10.4. The Morgan fingerprint density at radius 2 is 1.64 bits per heavy atom. The highest BCUT2D eigenvalue weighted by Crippen LogP contribution is 2.36. The van der Waals surface area contributed by atoms with Crippen LogP contribution in [0.2, 0.25) is 15.1 Å². The molecular weight excluding hydrogens is 515 g/mol. The first kappa shape index (κ1) is 28.6. The molecule has 1 fully saturated rings. The lowest BCUT2D eigenvalue weighted by molar-refractivity contribution is -0.126. The maximum atomic E-state index is 12.7. The van der Waals surface area contributed by atoms with Crippen molar-refractivity contribution in [3.8, 4) is 0 Å². The molecule has 0 radical (unpaired) electrons. The first-order valence-electron chi connectivity index (χ1n) is 12.7. The van der Waals surface area contributed by atoms with Gasteiger partial charge in [0.05, 0.1) is 16.8 Å². The van der Waals surface area contributed by atoms with E-state index in [-0.39, 0.29) is 11.9 Å². The van der Waals surface area contributed by atoms with Gasteiger partial charge in [-0.1, -0.05) is 46.9 Å². The van der Waals surface area contributed by atoms with Crippen molar-refractivity contribution in [2.45, 2.75) is 33.7 Å². The van der Waals surface area contributed by atoms with Crippen LogP contribution in [0.15, 0.2) is 54.2 Å². The van der Waals surface area contributed by atoms with Crippen LogP contribution in [0.25, 0.3) is 0 Å². The quantitative estimate of drug-likeness (QED) is 0.311. The van der Waals surface area contributed by atoms with Crippen molar-refractivity contribution >= 4 is 46.4 Å². The normalized spacial score (nSPS) is 16.8. The van der Waals surface area contributed by atoms with E-state index in [2.05, 4.69) is 33.8 Å². The lowest BCUT2D eigenvalue weighted by Gasteiger charge is -2.44. The van der Waals surface area contributed by atoms with E-state index in [0.29, 0.717) is 10.0 Å². The summed E-state index contributed by atoms with van der Waals surface area (Å²) in [5.41, 5.74) is 2.97. The summed E-state index contributed by atoms with van der Waals surface area (Å²) in [6.07, 6.45) is 2.01. The zero-order chi connectivity index (χ0) is 26.2. The van der Waals surface area contributed by atoms with Gasteiger partial charge in [-0.2, -0.15) is 0 Å². The Kier molecular flexibility index (Phi) is 10.8. The SMILES string of the molecule is CCN(/C=C(\C)C(=O)N(CC)CC)CCN1CCN(c2ccc(Cl)cc2Cl)[C@H](c2ccc(Cl)cc2)C1. The molecule has 36 heavy (non-hydrogen) atoms. The minimum absolute atomic E-state index is 0.106. The highest BCUT2D eigenvalue weighted by molar-refractivity contribution is 6.36. The summed E-state index contributed by atoms with van der Waals surface area (Å²) >= 11 is 19.0. The molecule has 196 valence electrons. The van der Waals surface area contributed by atoms with Gasteiger partial charge in [0.15, 0.2) is 0 Å². The van der Waals surface area contributed by atoms with Gasteiger partial charge < -0.3 is 14.7 Å². The minimum atomic E-state index is 0.106. The lowest BCUT2D eigenvalue weighted by atomic mass is 10.0. The first-order chi connectivity index (χ1) is 17.3. The third kappa shape index (κ3) is 7.32. The second-order valence-electron chi connectivity index (χ2n) is 9.08. The smallest absolute Gasteiger partial charge is 0.250 e. The Bertz CT molecular complexity index is 1040. The van der Waals surface area contributed by atoms with E-state index >= 15 is 0 Å². The van der Waals surface area contributed by atoms with Gasteiger partial charge in [-0.15, -0.1) is 0 Å². The van der Waals surface area contributed by atoms with E-state index in [4.69, 9.17) is 34.8 Å². The van der Waals surface area contributed by atoms with E-state index in [0.717, 1.165) is 68.6 Å². The zero-order valence-electron chi connectivity index (χ0n) is 21.7. The Labute approximate surface area is 231 Å². The number of amides is 1. The summed E-state index contributed by atoms with van der Waals surface area (Å²) < 4.78 is 0. The van der Waals surface area contributed by atoms with Crippen LogP contribution in [0.4, 0.5) is 5.69 Å². The predicted molar refractivity (Wildman–Crippen MR) is 153 cm³/mol. The van der Waals surface area contributed by atoms with E-state index in [1.807, 2.05) is 56.1 Å². The summed E-state index contributed by atoms with van der Waals surface area (Å²) in [7, 11) is 0. The number of anilines is 1. The van der Waals surface area contributed by atoms with Crippen molar-refractivity contribution in [3.63, 3.8) is 0 Å². The molecule has 3 rings (SSSR count). The van der Waals surface area contributed by atoms with Gasteiger partial charge in [0.1, 0.15) is 0 Å². The van der Waals surface area contributed by atoms with Crippen LogP contribution in [0.5, 0.6) is 0 Å². The molecule has 5 nitrogen and oxygen atoms in total. The van der Waals surface area contributed by atoms with Crippen LogP contribution >= 0.6 is 34.8 Å². The lowest BCUT2D eigenvalue weighted by Crippen LogP contribution is -2.50.